The van der Waals surface area contributed by atoms with Gasteiger partial charge in [0, 0.05) is 5.92 Å². The second-order valence-corrected chi connectivity index (χ2v) is 17.3. The van der Waals surface area contributed by atoms with Crippen molar-refractivity contribution in [3.8, 4) is 0 Å². The molecule has 0 heterocycles. The zero-order chi connectivity index (χ0) is 31.3. The lowest BCUT2D eigenvalue weighted by molar-refractivity contribution is -0.192. The van der Waals surface area contributed by atoms with Gasteiger partial charge in [-0.2, -0.15) is 0 Å². The lowest BCUT2D eigenvalue weighted by Crippen LogP contribution is -2.68. The quantitative estimate of drug-likeness (QED) is 0.220. The van der Waals surface area contributed by atoms with Crippen molar-refractivity contribution in [2.45, 2.75) is 86.5 Å². The van der Waals surface area contributed by atoms with Crippen molar-refractivity contribution in [3.05, 3.63) is 21.5 Å². The highest BCUT2D eigenvalue weighted by Crippen LogP contribution is 2.75. The zero-order valence-electron chi connectivity index (χ0n) is 26.8. The van der Waals surface area contributed by atoms with Gasteiger partial charge in [-0.1, -0.05) is 27.7 Å². The molecule has 6 nitrogen and oxygen atoms in total. The SMILES string of the molecule is COC(=O)C12CCC(C)(C)CC1C1C(=O)C=C3C4(C)C(=O)C(=C(SC)SC)C(=O)[C@](C)(CO)C4CCC3(C)[C@]1(C)CC2. The van der Waals surface area contributed by atoms with Gasteiger partial charge in [0.1, 0.15) is 0 Å². The summed E-state index contributed by atoms with van der Waals surface area (Å²) >= 11 is 2.77. The summed E-state index contributed by atoms with van der Waals surface area (Å²) < 4.78 is 6.08. The molecule has 8 atom stereocenters. The van der Waals surface area contributed by atoms with Gasteiger partial charge in [0.25, 0.3) is 0 Å². The first-order valence-corrected chi connectivity index (χ1v) is 17.8. The topological polar surface area (TPSA) is 97.7 Å². The fourth-order valence-electron chi connectivity index (χ4n) is 10.6. The maximum atomic E-state index is 14.7. The fourth-order valence-corrected chi connectivity index (χ4v) is 12.1. The van der Waals surface area contributed by atoms with Crippen LogP contribution in [0.5, 0.6) is 0 Å². The largest absolute Gasteiger partial charge is 0.469 e. The van der Waals surface area contributed by atoms with E-state index in [0.29, 0.717) is 29.9 Å². The number of methoxy groups -OCH3 is 1. The molecule has 42 heavy (non-hydrogen) atoms. The van der Waals surface area contributed by atoms with Crippen LogP contribution in [0.2, 0.25) is 0 Å². The smallest absolute Gasteiger partial charge is 0.312 e. The molecule has 0 spiro atoms. The molecule has 0 radical (unpaired) electrons. The van der Waals surface area contributed by atoms with Crippen molar-refractivity contribution in [1.82, 2.24) is 0 Å². The molecule has 232 valence electrons. The van der Waals surface area contributed by atoms with Crippen molar-refractivity contribution < 1.29 is 29.0 Å². The standard InChI is InChI=1S/C34H48O6S2/c1-29(2)12-14-34(28(39)40-7)15-13-32(5)24(19(34)17-29)20(36)16-22-31(32,4)11-10-21-30(3,18-35)25(37)23(27(41-8)42-9)26(38)33(21,22)6/h16,19,21,24,35H,10-15,17-18H2,1-9H3/t19?,21?,24?,30-,31?,32-,33?,34?/m1/s1. The third-order valence-electron chi connectivity index (χ3n) is 13.3. The number of fused-ring (bicyclic) bond motifs is 7. The van der Waals surface area contributed by atoms with Gasteiger partial charge in [-0.15, -0.1) is 23.5 Å². The van der Waals surface area contributed by atoms with E-state index in [0.717, 1.165) is 24.8 Å². The molecule has 0 bridgehead atoms. The summed E-state index contributed by atoms with van der Waals surface area (Å²) in [5.41, 5.74) is -2.85. The summed E-state index contributed by atoms with van der Waals surface area (Å²) in [6, 6.07) is 0. The number of hydrogen-bond donors (Lipinski definition) is 1. The Labute approximate surface area is 259 Å². The fraction of sp³-hybridized carbons (Fsp3) is 0.765. The molecule has 0 aromatic carbocycles. The second kappa shape index (κ2) is 10.1. The Hall–Kier alpha value is -1.38. The number of hydrogen-bond acceptors (Lipinski definition) is 8. The minimum Gasteiger partial charge on any atom is -0.469 e. The molecule has 4 saturated carbocycles. The number of allylic oxidation sites excluding steroid dienone is 3. The molecule has 5 aliphatic rings. The van der Waals surface area contributed by atoms with E-state index >= 15 is 0 Å². The third kappa shape index (κ3) is 3.82. The van der Waals surface area contributed by atoms with E-state index in [1.54, 1.807) is 13.0 Å². The molecule has 5 rings (SSSR count). The predicted octanol–water partition coefficient (Wildman–Crippen LogP) is 6.41. The summed E-state index contributed by atoms with van der Waals surface area (Å²) in [6.45, 7) is 12.3. The van der Waals surface area contributed by atoms with Crippen LogP contribution in [-0.2, 0) is 23.9 Å². The van der Waals surface area contributed by atoms with Gasteiger partial charge in [0.2, 0.25) is 0 Å². The number of esters is 1. The minimum atomic E-state index is -1.13. The monoisotopic (exact) mass is 616 g/mol. The summed E-state index contributed by atoms with van der Waals surface area (Å²) in [7, 11) is 1.46. The average Bonchev–Trinajstić information content (AvgIpc) is 2.94. The molecule has 0 aromatic rings. The van der Waals surface area contributed by atoms with Crippen LogP contribution in [-0.4, -0.2) is 54.7 Å². The van der Waals surface area contributed by atoms with E-state index in [-0.39, 0.29) is 52.7 Å². The number of carbonyl (C=O) groups excluding carboxylic acids is 4. The van der Waals surface area contributed by atoms with Crippen molar-refractivity contribution in [2.24, 2.45) is 50.2 Å². The van der Waals surface area contributed by atoms with Crippen molar-refractivity contribution >= 4 is 46.8 Å². The highest BCUT2D eigenvalue weighted by molar-refractivity contribution is 8.21. The van der Waals surface area contributed by atoms with Gasteiger partial charge >= 0.3 is 5.97 Å². The van der Waals surface area contributed by atoms with Gasteiger partial charge in [0.15, 0.2) is 17.3 Å². The lowest BCUT2D eigenvalue weighted by atomic mass is 9.33. The number of rotatable bonds is 4. The van der Waals surface area contributed by atoms with Crippen LogP contribution in [0.15, 0.2) is 21.5 Å². The number of aliphatic hydroxyl groups is 1. The molecule has 0 aromatic heterocycles. The Balaban J connectivity index is 1.74. The number of thioether (sulfide) groups is 2. The summed E-state index contributed by atoms with van der Waals surface area (Å²) in [6.07, 6.45) is 10.6. The van der Waals surface area contributed by atoms with Gasteiger partial charge in [-0.25, -0.2) is 0 Å². The van der Waals surface area contributed by atoms with E-state index in [9.17, 15) is 24.3 Å². The number of aliphatic hydroxyl groups excluding tert-OH is 1. The summed E-state index contributed by atoms with van der Waals surface area (Å²) in [5.74, 6) is -1.59. The van der Waals surface area contributed by atoms with Gasteiger partial charge in [-0.3, -0.25) is 19.2 Å². The van der Waals surface area contributed by atoms with Crippen LogP contribution in [0.4, 0.5) is 0 Å². The Morgan fingerprint density at radius 3 is 2.14 bits per heavy atom. The number of carbonyl (C=O) groups is 4. The van der Waals surface area contributed by atoms with Gasteiger partial charge in [0.05, 0.1) is 39.8 Å². The van der Waals surface area contributed by atoms with Crippen LogP contribution in [0, 0.1) is 50.2 Å². The van der Waals surface area contributed by atoms with E-state index in [1.807, 2.05) is 19.4 Å². The van der Waals surface area contributed by atoms with Crippen molar-refractivity contribution in [2.75, 3.05) is 26.2 Å². The lowest BCUT2D eigenvalue weighted by Gasteiger charge is -2.69. The first-order valence-electron chi connectivity index (χ1n) is 15.4. The van der Waals surface area contributed by atoms with Crippen LogP contribution < -0.4 is 0 Å². The van der Waals surface area contributed by atoms with E-state index in [1.165, 1.54) is 30.6 Å². The van der Waals surface area contributed by atoms with Crippen molar-refractivity contribution in [1.29, 1.82) is 0 Å². The normalized spacial score (nSPS) is 44.3. The van der Waals surface area contributed by atoms with E-state index in [4.69, 9.17) is 4.74 Å². The molecule has 8 heteroatoms. The Bertz CT molecular complexity index is 1310. The Morgan fingerprint density at radius 1 is 0.952 bits per heavy atom. The molecule has 6 unspecified atom stereocenters. The molecule has 0 amide bonds. The number of ether oxygens (including phenoxy) is 1. The first-order chi connectivity index (χ1) is 19.5. The maximum Gasteiger partial charge on any atom is 0.312 e. The van der Waals surface area contributed by atoms with Gasteiger partial charge in [-0.05, 0) is 111 Å². The zero-order valence-corrected chi connectivity index (χ0v) is 28.4. The van der Waals surface area contributed by atoms with Crippen molar-refractivity contribution in [3.63, 3.8) is 0 Å². The molecule has 4 fully saturated rings. The highest BCUT2D eigenvalue weighted by Gasteiger charge is 2.73. The highest BCUT2D eigenvalue weighted by atomic mass is 32.2. The Kier molecular flexibility index (Phi) is 7.68. The van der Waals surface area contributed by atoms with Crippen LogP contribution in [0.3, 0.4) is 0 Å². The minimum absolute atomic E-state index is 0.00147. The van der Waals surface area contributed by atoms with E-state index in [2.05, 4.69) is 27.7 Å². The third-order valence-corrected chi connectivity index (χ3v) is 15.4. The van der Waals surface area contributed by atoms with Crippen LogP contribution in [0.25, 0.3) is 0 Å². The Morgan fingerprint density at radius 2 is 1.57 bits per heavy atom. The molecular formula is C34H48O6S2. The molecule has 5 aliphatic carbocycles. The second-order valence-electron chi connectivity index (χ2n) is 15.4. The summed E-state index contributed by atoms with van der Waals surface area (Å²) in [4.78, 5) is 56.8. The van der Waals surface area contributed by atoms with Crippen LogP contribution >= 0.6 is 23.5 Å². The van der Waals surface area contributed by atoms with Gasteiger partial charge < -0.3 is 9.84 Å². The maximum absolute atomic E-state index is 14.7. The summed E-state index contributed by atoms with van der Waals surface area (Å²) in [5, 5.41) is 10.7. The molecule has 0 saturated heterocycles. The molecule has 0 aliphatic heterocycles. The molecule has 1 N–H and O–H groups in total. The first kappa shape index (κ1) is 32.0. The average molecular weight is 617 g/mol. The molecular weight excluding hydrogens is 569 g/mol. The number of ketones is 3. The number of Topliss-reactive ketones (excluding diaryl/α,β-unsaturated/α-hetero) is 2. The van der Waals surface area contributed by atoms with Crippen LogP contribution in [0.1, 0.15) is 86.5 Å². The predicted molar refractivity (Wildman–Crippen MR) is 168 cm³/mol. The van der Waals surface area contributed by atoms with E-state index < -0.39 is 33.0 Å².